The quantitative estimate of drug-likeness (QED) is 0.733. The molecule has 8 heteroatoms. The van der Waals surface area contributed by atoms with E-state index < -0.39 is 24.9 Å². The summed E-state index contributed by atoms with van der Waals surface area (Å²) in [6.45, 7) is 5.90. The Hall–Kier alpha value is -0.180. The van der Waals surface area contributed by atoms with Crippen molar-refractivity contribution in [3.05, 3.63) is 0 Å². The zero-order valence-electron chi connectivity index (χ0n) is 12.5. The molecule has 1 N–H and O–H groups in total. The van der Waals surface area contributed by atoms with E-state index in [-0.39, 0.29) is 12.0 Å². The molecule has 1 rings (SSSR count). The fourth-order valence-electron chi connectivity index (χ4n) is 2.52. The lowest BCUT2D eigenvalue weighted by Gasteiger charge is -2.35. The molecule has 0 radical (unpaired) electrons. The lowest BCUT2D eigenvalue weighted by molar-refractivity contribution is 0.225. The van der Waals surface area contributed by atoms with Crippen molar-refractivity contribution in [2.45, 2.75) is 39.2 Å². The second kappa shape index (κ2) is 7.20. The first-order valence-corrected chi connectivity index (χ1v) is 10.7. The van der Waals surface area contributed by atoms with Crippen LogP contribution in [0.5, 0.6) is 0 Å². The van der Waals surface area contributed by atoms with Crippen molar-refractivity contribution >= 4 is 19.9 Å². The largest absolute Gasteiger partial charge is 0.314 e. The highest BCUT2D eigenvalue weighted by Gasteiger charge is 2.33. The summed E-state index contributed by atoms with van der Waals surface area (Å²) in [4.78, 5) is 0. The summed E-state index contributed by atoms with van der Waals surface area (Å²) >= 11 is 0. The molecular weight excluding hydrogens is 300 g/mol. The van der Waals surface area contributed by atoms with Crippen LogP contribution in [0.2, 0.25) is 0 Å². The van der Waals surface area contributed by atoms with E-state index in [2.05, 4.69) is 19.2 Å². The molecule has 1 fully saturated rings. The Bertz CT molecular complexity index is 502. The van der Waals surface area contributed by atoms with Gasteiger partial charge < -0.3 is 5.32 Å². The minimum atomic E-state index is -3.71. The summed E-state index contributed by atoms with van der Waals surface area (Å²) in [6.07, 6.45) is 3.75. The van der Waals surface area contributed by atoms with Crippen LogP contribution >= 0.6 is 0 Å². The van der Waals surface area contributed by atoms with Gasteiger partial charge in [0, 0.05) is 25.4 Å². The molecule has 1 heterocycles. The van der Waals surface area contributed by atoms with E-state index in [1.54, 1.807) is 0 Å². The average molecular weight is 326 g/mol. The molecule has 0 aromatic heterocycles. The monoisotopic (exact) mass is 326 g/mol. The number of sulfone groups is 1. The smallest absolute Gasteiger partial charge is 0.228 e. The third kappa shape index (κ3) is 5.67. The van der Waals surface area contributed by atoms with Gasteiger partial charge in [0.1, 0.15) is 0 Å². The van der Waals surface area contributed by atoms with E-state index in [4.69, 9.17) is 0 Å². The Morgan fingerprint density at radius 3 is 2.50 bits per heavy atom. The summed E-state index contributed by atoms with van der Waals surface area (Å²) in [7, 11) is -7.24. The predicted octanol–water partition coefficient (Wildman–Crippen LogP) is 0.418. The lowest BCUT2D eigenvalue weighted by Crippen LogP contribution is -2.47. The van der Waals surface area contributed by atoms with Gasteiger partial charge >= 0.3 is 0 Å². The molecule has 1 saturated heterocycles. The number of sulfonamides is 1. The highest BCUT2D eigenvalue weighted by atomic mass is 32.3. The van der Waals surface area contributed by atoms with E-state index in [0.717, 1.165) is 32.1 Å². The van der Waals surface area contributed by atoms with Gasteiger partial charge in [0.2, 0.25) is 10.0 Å². The van der Waals surface area contributed by atoms with Gasteiger partial charge in [-0.25, -0.2) is 21.1 Å². The lowest BCUT2D eigenvalue weighted by atomic mass is 9.93. The molecule has 0 bridgehead atoms. The van der Waals surface area contributed by atoms with Gasteiger partial charge in [0.05, 0.1) is 0 Å². The van der Waals surface area contributed by atoms with Crippen LogP contribution in [-0.2, 0) is 19.9 Å². The van der Waals surface area contributed by atoms with Crippen LogP contribution in [0, 0.1) is 5.92 Å². The van der Waals surface area contributed by atoms with Gasteiger partial charge in [0.25, 0.3) is 0 Å². The number of piperidine rings is 1. The molecule has 2 atom stereocenters. The van der Waals surface area contributed by atoms with Gasteiger partial charge in [-0.3, -0.25) is 0 Å². The fraction of sp³-hybridized carbons (Fsp3) is 1.00. The van der Waals surface area contributed by atoms with E-state index in [1.165, 1.54) is 4.31 Å². The van der Waals surface area contributed by atoms with Crippen LogP contribution < -0.4 is 5.32 Å². The van der Waals surface area contributed by atoms with E-state index in [1.807, 2.05) is 0 Å². The van der Waals surface area contributed by atoms with Gasteiger partial charge in [-0.2, -0.15) is 0 Å². The highest BCUT2D eigenvalue weighted by molar-refractivity contribution is 8.06. The van der Waals surface area contributed by atoms with Crippen molar-refractivity contribution in [3.63, 3.8) is 0 Å². The molecule has 0 saturated carbocycles. The van der Waals surface area contributed by atoms with Crippen LogP contribution in [0.3, 0.4) is 0 Å². The zero-order chi connectivity index (χ0) is 15.4. The van der Waals surface area contributed by atoms with Crippen molar-refractivity contribution in [3.8, 4) is 0 Å². The minimum absolute atomic E-state index is 0.240. The second-order valence-electron chi connectivity index (χ2n) is 5.66. The Labute approximate surface area is 122 Å². The maximum Gasteiger partial charge on any atom is 0.228 e. The number of hydrogen-bond acceptors (Lipinski definition) is 5. The molecule has 1 aliphatic rings. The molecule has 20 heavy (non-hydrogen) atoms. The normalized spacial score (nSPS) is 23.6. The molecule has 120 valence electrons. The Morgan fingerprint density at radius 2 is 1.95 bits per heavy atom. The second-order valence-corrected chi connectivity index (χ2v) is 10.1. The number of nitrogens with zero attached hydrogens (tertiary/aromatic N) is 1. The van der Waals surface area contributed by atoms with Crippen molar-refractivity contribution in [2.24, 2.45) is 5.92 Å². The molecule has 0 aliphatic carbocycles. The first kappa shape index (κ1) is 17.9. The molecule has 0 amide bonds. The summed E-state index contributed by atoms with van der Waals surface area (Å²) < 4.78 is 48.0. The van der Waals surface area contributed by atoms with Crippen LogP contribution in [0.15, 0.2) is 0 Å². The average Bonchev–Trinajstić information content (AvgIpc) is 2.33. The summed E-state index contributed by atoms with van der Waals surface area (Å²) in [5.41, 5.74) is 0. The Morgan fingerprint density at radius 1 is 1.30 bits per heavy atom. The van der Waals surface area contributed by atoms with Crippen LogP contribution in [0.1, 0.15) is 33.1 Å². The summed E-state index contributed by atoms with van der Waals surface area (Å²) in [5.74, 6) is 0.240. The maximum absolute atomic E-state index is 12.1. The zero-order valence-corrected chi connectivity index (χ0v) is 14.1. The standard InChI is InChI=1S/C12H26N2O4S2/c1-4-7-13-11(2)12-6-5-8-14(9-12)20(17,18)10-19(3,15)16/h11-13H,4-10H2,1-3H3. The molecule has 1 aliphatic heterocycles. The van der Waals surface area contributed by atoms with Crippen LogP contribution in [0.25, 0.3) is 0 Å². The van der Waals surface area contributed by atoms with Crippen molar-refractivity contribution in [2.75, 3.05) is 31.0 Å². The SMILES string of the molecule is CCCNC(C)C1CCCN(S(=O)(=O)CS(C)(=O)=O)C1. The first-order chi connectivity index (χ1) is 9.15. The van der Waals surface area contributed by atoms with Crippen molar-refractivity contribution in [1.82, 2.24) is 9.62 Å². The van der Waals surface area contributed by atoms with E-state index in [9.17, 15) is 16.8 Å². The molecule has 6 nitrogen and oxygen atoms in total. The maximum atomic E-state index is 12.1. The van der Waals surface area contributed by atoms with Gasteiger partial charge in [-0.05, 0) is 38.6 Å². The Balaban J connectivity index is 2.69. The minimum Gasteiger partial charge on any atom is -0.314 e. The van der Waals surface area contributed by atoms with Crippen LogP contribution in [0.4, 0.5) is 0 Å². The molecular formula is C12H26N2O4S2. The molecule has 0 aromatic carbocycles. The topological polar surface area (TPSA) is 83.6 Å². The van der Waals surface area contributed by atoms with Gasteiger partial charge in [-0.15, -0.1) is 0 Å². The number of rotatable bonds is 7. The van der Waals surface area contributed by atoms with Gasteiger partial charge in [-0.1, -0.05) is 6.92 Å². The number of nitrogens with one attached hydrogen (secondary N) is 1. The van der Waals surface area contributed by atoms with Crippen molar-refractivity contribution in [1.29, 1.82) is 0 Å². The summed E-state index contributed by atoms with van der Waals surface area (Å²) in [6, 6.07) is 0.242. The molecule has 2 unspecified atom stereocenters. The van der Waals surface area contributed by atoms with E-state index in [0.29, 0.717) is 13.1 Å². The van der Waals surface area contributed by atoms with Crippen molar-refractivity contribution < 1.29 is 16.8 Å². The fourth-order valence-corrected chi connectivity index (χ4v) is 6.10. The molecule has 0 spiro atoms. The Kier molecular flexibility index (Phi) is 6.43. The summed E-state index contributed by atoms with van der Waals surface area (Å²) in [5, 5.41) is 2.59. The first-order valence-electron chi connectivity index (χ1n) is 7.04. The number of hydrogen-bond donors (Lipinski definition) is 1. The third-order valence-electron chi connectivity index (χ3n) is 3.60. The van der Waals surface area contributed by atoms with Crippen LogP contribution in [-0.4, -0.2) is 58.2 Å². The van der Waals surface area contributed by atoms with Gasteiger partial charge in [0.15, 0.2) is 14.9 Å². The predicted molar refractivity (Wildman–Crippen MR) is 80.7 cm³/mol. The third-order valence-corrected chi connectivity index (χ3v) is 7.62. The van der Waals surface area contributed by atoms with E-state index >= 15 is 0 Å². The highest BCUT2D eigenvalue weighted by Crippen LogP contribution is 2.22. The molecule has 0 aromatic rings.